The highest BCUT2D eigenvalue weighted by Crippen LogP contribution is 2.15. The molecule has 1 aromatic heterocycles. The predicted molar refractivity (Wildman–Crippen MR) is 99.3 cm³/mol. The molecule has 0 radical (unpaired) electrons. The number of piperidine rings is 1. The van der Waals surface area contributed by atoms with Crippen molar-refractivity contribution in [2.24, 2.45) is 5.92 Å². The van der Waals surface area contributed by atoms with Gasteiger partial charge in [-0.2, -0.15) is 5.10 Å². The second-order valence-corrected chi connectivity index (χ2v) is 6.86. The third kappa shape index (κ3) is 5.03. The standard InChI is InChI=1S/C20H23N3O4/c1-15-6-5-11-22(12-15)19(25)14-27-20(26)17-9-10-18(24)23(21-17)13-16-7-3-2-4-8-16/h2-4,7-10,15H,5-6,11-14H2,1H3/t15-/m0/s1. The number of likely N-dealkylation sites (tertiary alicyclic amines) is 1. The Morgan fingerprint density at radius 2 is 1.96 bits per heavy atom. The quantitative estimate of drug-likeness (QED) is 0.750. The molecule has 7 nitrogen and oxygen atoms in total. The number of hydrogen-bond donors (Lipinski definition) is 0. The first-order valence-corrected chi connectivity index (χ1v) is 9.10. The molecular weight excluding hydrogens is 346 g/mol. The van der Waals surface area contributed by atoms with Crippen molar-refractivity contribution in [2.75, 3.05) is 19.7 Å². The van der Waals surface area contributed by atoms with Gasteiger partial charge in [-0.1, -0.05) is 37.3 Å². The van der Waals surface area contributed by atoms with E-state index in [0.717, 1.165) is 18.4 Å². The second-order valence-electron chi connectivity index (χ2n) is 6.86. The average Bonchev–Trinajstić information content (AvgIpc) is 2.68. The summed E-state index contributed by atoms with van der Waals surface area (Å²) in [5.41, 5.74) is 0.589. The van der Waals surface area contributed by atoms with E-state index < -0.39 is 5.97 Å². The van der Waals surface area contributed by atoms with E-state index in [4.69, 9.17) is 4.74 Å². The van der Waals surface area contributed by atoms with E-state index in [1.807, 2.05) is 30.3 Å². The highest BCUT2D eigenvalue weighted by molar-refractivity contribution is 5.89. The Hall–Kier alpha value is -2.96. The summed E-state index contributed by atoms with van der Waals surface area (Å²) in [5, 5.41) is 4.07. The SMILES string of the molecule is C[C@H]1CCCN(C(=O)COC(=O)c2ccc(=O)n(Cc3ccccc3)n2)C1. The van der Waals surface area contributed by atoms with Gasteiger partial charge in [-0.3, -0.25) is 9.59 Å². The van der Waals surface area contributed by atoms with Gasteiger partial charge in [0.15, 0.2) is 12.3 Å². The molecule has 1 aliphatic rings. The summed E-state index contributed by atoms with van der Waals surface area (Å²) in [5.74, 6) is -0.454. The van der Waals surface area contributed by atoms with Crippen LogP contribution in [0.2, 0.25) is 0 Å². The lowest BCUT2D eigenvalue weighted by atomic mass is 10.0. The van der Waals surface area contributed by atoms with E-state index in [2.05, 4.69) is 12.0 Å². The van der Waals surface area contributed by atoms with Gasteiger partial charge in [0.25, 0.3) is 11.5 Å². The number of ether oxygens (including phenoxy) is 1. The molecule has 0 aliphatic carbocycles. The lowest BCUT2D eigenvalue weighted by Gasteiger charge is -2.30. The zero-order valence-electron chi connectivity index (χ0n) is 15.3. The van der Waals surface area contributed by atoms with Gasteiger partial charge in [-0.25, -0.2) is 9.48 Å². The van der Waals surface area contributed by atoms with Crippen molar-refractivity contribution in [3.8, 4) is 0 Å². The van der Waals surface area contributed by atoms with Crippen LogP contribution < -0.4 is 5.56 Å². The van der Waals surface area contributed by atoms with Crippen LogP contribution in [0.4, 0.5) is 0 Å². The van der Waals surface area contributed by atoms with Crippen LogP contribution in [0.25, 0.3) is 0 Å². The molecule has 1 atom stereocenters. The number of aromatic nitrogens is 2. The summed E-state index contributed by atoms with van der Waals surface area (Å²) in [6, 6.07) is 12.0. The number of carbonyl (C=O) groups is 2. The molecule has 142 valence electrons. The molecule has 27 heavy (non-hydrogen) atoms. The molecule has 1 saturated heterocycles. The maximum atomic E-state index is 12.2. The zero-order chi connectivity index (χ0) is 19.2. The molecule has 2 aromatic rings. The Labute approximate surface area is 157 Å². The van der Waals surface area contributed by atoms with Gasteiger partial charge in [0.2, 0.25) is 0 Å². The van der Waals surface area contributed by atoms with E-state index >= 15 is 0 Å². The fourth-order valence-electron chi connectivity index (χ4n) is 3.14. The van der Waals surface area contributed by atoms with Gasteiger partial charge < -0.3 is 9.64 Å². The first-order chi connectivity index (χ1) is 13.0. The maximum absolute atomic E-state index is 12.2. The molecule has 0 bridgehead atoms. The minimum atomic E-state index is -0.713. The Morgan fingerprint density at radius 3 is 2.70 bits per heavy atom. The van der Waals surface area contributed by atoms with Crippen molar-refractivity contribution in [1.29, 1.82) is 0 Å². The Kier molecular flexibility index (Phi) is 6.01. The zero-order valence-corrected chi connectivity index (χ0v) is 15.3. The topological polar surface area (TPSA) is 81.5 Å². The fourth-order valence-corrected chi connectivity index (χ4v) is 3.14. The number of rotatable bonds is 5. The molecule has 0 saturated carbocycles. The number of carbonyl (C=O) groups excluding carboxylic acids is 2. The highest BCUT2D eigenvalue weighted by atomic mass is 16.5. The van der Waals surface area contributed by atoms with Gasteiger partial charge in [0.1, 0.15) is 0 Å². The minimum Gasteiger partial charge on any atom is -0.451 e. The van der Waals surface area contributed by atoms with E-state index in [0.29, 0.717) is 19.0 Å². The molecule has 2 heterocycles. The summed E-state index contributed by atoms with van der Waals surface area (Å²) in [6.45, 7) is 3.43. The molecule has 0 spiro atoms. The van der Waals surface area contributed by atoms with Gasteiger partial charge in [-0.15, -0.1) is 0 Å². The average molecular weight is 369 g/mol. The molecule has 0 unspecified atom stereocenters. The first kappa shape index (κ1) is 18.8. The molecule has 1 fully saturated rings. The predicted octanol–water partition coefficient (Wildman–Crippen LogP) is 1.71. The van der Waals surface area contributed by atoms with Gasteiger partial charge in [0.05, 0.1) is 6.54 Å². The van der Waals surface area contributed by atoms with Crippen LogP contribution >= 0.6 is 0 Å². The van der Waals surface area contributed by atoms with E-state index in [9.17, 15) is 14.4 Å². The molecule has 0 N–H and O–H groups in total. The second kappa shape index (κ2) is 8.62. The van der Waals surface area contributed by atoms with Crippen LogP contribution in [-0.2, 0) is 16.1 Å². The van der Waals surface area contributed by atoms with Crippen molar-refractivity contribution in [2.45, 2.75) is 26.3 Å². The maximum Gasteiger partial charge on any atom is 0.359 e. The number of esters is 1. The largest absolute Gasteiger partial charge is 0.451 e. The van der Waals surface area contributed by atoms with Crippen LogP contribution in [0.15, 0.2) is 47.3 Å². The van der Waals surface area contributed by atoms with Crippen LogP contribution in [0.3, 0.4) is 0 Å². The monoisotopic (exact) mass is 369 g/mol. The summed E-state index contributed by atoms with van der Waals surface area (Å²) in [7, 11) is 0. The van der Waals surface area contributed by atoms with Crippen molar-refractivity contribution in [3.05, 3.63) is 64.1 Å². The van der Waals surface area contributed by atoms with Crippen molar-refractivity contribution >= 4 is 11.9 Å². The van der Waals surface area contributed by atoms with Gasteiger partial charge in [0, 0.05) is 19.2 Å². The molecule has 7 heteroatoms. The molecule has 1 aromatic carbocycles. The van der Waals surface area contributed by atoms with Crippen LogP contribution in [0.1, 0.15) is 35.8 Å². The van der Waals surface area contributed by atoms with Crippen LogP contribution in [-0.4, -0.2) is 46.3 Å². The Morgan fingerprint density at radius 1 is 1.19 bits per heavy atom. The number of hydrogen-bond acceptors (Lipinski definition) is 5. The van der Waals surface area contributed by atoms with Crippen LogP contribution in [0, 0.1) is 5.92 Å². The molecule has 3 rings (SSSR count). The van der Waals surface area contributed by atoms with Crippen molar-refractivity contribution in [3.63, 3.8) is 0 Å². The van der Waals surface area contributed by atoms with Crippen LogP contribution in [0.5, 0.6) is 0 Å². The molecule has 1 amide bonds. The van der Waals surface area contributed by atoms with Crippen molar-refractivity contribution in [1.82, 2.24) is 14.7 Å². The summed E-state index contributed by atoms with van der Waals surface area (Å²) < 4.78 is 6.32. The summed E-state index contributed by atoms with van der Waals surface area (Å²) >= 11 is 0. The fraction of sp³-hybridized carbons (Fsp3) is 0.400. The molecule has 1 aliphatic heterocycles. The van der Waals surface area contributed by atoms with Gasteiger partial charge >= 0.3 is 5.97 Å². The van der Waals surface area contributed by atoms with E-state index in [1.54, 1.807) is 4.90 Å². The normalized spacial score (nSPS) is 16.8. The lowest BCUT2D eigenvalue weighted by molar-refractivity contribution is -0.136. The Bertz CT molecular complexity index is 863. The number of amides is 1. The Balaban J connectivity index is 1.62. The third-order valence-electron chi connectivity index (χ3n) is 4.59. The minimum absolute atomic E-state index is 0.00495. The highest BCUT2D eigenvalue weighted by Gasteiger charge is 2.22. The summed E-state index contributed by atoms with van der Waals surface area (Å²) in [6.07, 6.45) is 2.07. The lowest BCUT2D eigenvalue weighted by Crippen LogP contribution is -2.41. The first-order valence-electron chi connectivity index (χ1n) is 9.10. The third-order valence-corrected chi connectivity index (χ3v) is 4.59. The van der Waals surface area contributed by atoms with Gasteiger partial charge in [-0.05, 0) is 30.4 Å². The smallest absolute Gasteiger partial charge is 0.359 e. The van der Waals surface area contributed by atoms with E-state index in [1.165, 1.54) is 16.8 Å². The van der Waals surface area contributed by atoms with Crippen molar-refractivity contribution < 1.29 is 14.3 Å². The number of benzene rings is 1. The molecular formula is C20H23N3O4. The van der Waals surface area contributed by atoms with E-state index in [-0.39, 0.29) is 30.3 Å². The number of nitrogens with zero attached hydrogens (tertiary/aromatic N) is 3. The summed E-state index contributed by atoms with van der Waals surface area (Å²) in [4.78, 5) is 38.2.